The van der Waals surface area contributed by atoms with Crippen molar-refractivity contribution in [3.05, 3.63) is 18.5 Å². The molecule has 1 heterocycles. The maximum absolute atomic E-state index is 8.99. The van der Waals surface area contributed by atoms with Gasteiger partial charge in [0.15, 0.2) is 0 Å². The summed E-state index contributed by atoms with van der Waals surface area (Å²) in [7, 11) is -1.48. The number of aromatic nitrogens is 1. The standard InChI is InChI=1S/C11H16BNO3/c14-12(15)10-5-11(7-13-6-10)16-8-9-3-1-2-4-9/h5-7,9,14-15H,1-4,8H2. The summed E-state index contributed by atoms with van der Waals surface area (Å²) in [6.07, 6.45) is 8.07. The summed E-state index contributed by atoms with van der Waals surface area (Å²) < 4.78 is 5.60. The van der Waals surface area contributed by atoms with E-state index in [1.165, 1.54) is 31.9 Å². The van der Waals surface area contributed by atoms with E-state index in [-0.39, 0.29) is 0 Å². The first-order chi connectivity index (χ1) is 7.75. The van der Waals surface area contributed by atoms with E-state index in [1.54, 1.807) is 12.3 Å². The van der Waals surface area contributed by atoms with Crippen LogP contribution >= 0.6 is 0 Å². The first-order valence-electron chi connectivity index (χ1n) is 5.69. The molecule has 2 rings (SSSR count). The number of hydrogen-bond acceptors (Lipinski definition) is 4. The molecular formula is C11H16BNO3. The highest BCUT2D eigenvalue weighted by molar-refractivity contribution is 6.58. The third-order valence-electron chi connectivity index (χ3n) is 2.99. The van der Waals surface area contributed by atoms with Gasteiger partial charge >= 0.3 is 7.12 Å². The van der Waals surface area contributed by atoms with Crippen molar-refractivity contribution in [2.45, 2.75) is 25.7 Å². The van der Waals surface area contributed by atoms with Crippen molar-refractivity contribution in [1.29, 1.82) is 0 Å². The predicted molar refractivity (Wildman–Crippen MR) is 61.5 cm³/mol. The molecular weight excluding hydrogens is 205 g/mol. The average Bonchev–Trinajstić information content (AvgIpc) is 2.79. The van der Waals surface area contributed by atoms with Crippen LogP contribution in [0.5, 0.6) is 5.75 Å². The number of hydrogen-bond donors (Lipinski definition) is 2. The van der Waals surface area contributed by atoms with Gasteiger partial charge in [-0.25, -0.2) is 0 Å². The van der Waals surface area contributed by atoms with Crippen molar-refractivity contribution in [2.24, 2.45) is 5.92 Å². The second kappa shape index (κ2) is 5.32. The van der Waals surface area contributed by atoms with Gasteiger partial charge in [-0.05, 0) is 24.8 Å². The van der Waals surface area contributed by atoms with E-state index in [1.807, 2.05) is 0 Å². The van der Waals surface area contributed by atoms with E-state index in [0.717, 1.165) is 0 Å². The van der Waals surface area contributed by atoms with E-state index in [2.05, 4.69) is 4.98 Å². The van der Waals surface area contributed by atoms with Gasteiger partial charge in [0, 0.05) is 11.7 Å². The van der Waals surface area contributed by atoms with Crippen molar-refractivity contribution in [2.75, 3.05) is 6.61 Å². The molecule has 1 aromatic rings. The fourth-order valence-electron chi connectivity index (χ4n) is 2.05. The van der Waals surface area contributed by atoms with Crippen LogP contribution in [0.3, 0.4) is 0 Å². The minimum absolute atomic E-state index is 0.365. The van der Waals surface area contributed by atoms with Gasteiger partial charge < -0.3 is 14.8 Å². The number of pyridine rings is 1. The molecule has 1 saturated carbocycles. The van der Waals surface area contributed by atoms with Gasteiger partial charge in [-0.2, -0.15) is 0 Å². The highest BCUT2D eigenvalue weighted by Gasteiger charge is 2.16. The van der Waals surface area contributed by atoms with Gasteiger partial charge in [-0.3, -0.25) is 4.98 Å². The molecule has 1 aliphatic carbocycles. The van der Waals surface area contributed by atoms with Gasteiger partial charge in [-0.1, -0.05) is 12.8 Å². The first-order valence-corrected chi connectivity index (χ1v) is 5.69. The third-order valence-corrected chi connectivity index (χ3v) is 2.99. The van der Waals surface area contributed by atoms with Crippen LogP contribution in [0, 0.1) is 5.92 Å². The zero-order valence-electron chi connectivity index (χ0n) is 9.17. The first kappa shape index (κ1) is 11.4. The maximum Gasteiger partial charge on any atom is 0.490 e. The lowest BCUT2D eigenvalue weighted by atomic mass is 9.82. The molecule has 4 nitrogen and oxygen atoms in total. The quantitative estimate of drug-likeness (QED) is 0.719. The zero-order chi connectivity index (χ0) is 11.4. The Morgan fingerprint density at radius 2 is 2.06 bits per heavy atom. The lowest BCUT2D eigenvalue weighted by Gasteiger charge is -2.11. The normalized spacial score (nSPS) is 16.4. The molecule has 0 atom stereocenters. The van der Waals surface area contributed by atoms with Gasteiger partial charge in [0.05, 0.1) is 12.8 Å². The largest absolute Gasteiger partial charge is 0.492 e. The summed E-state index contributed by atoms with van der Waals surface area (Å²) >= 11 is 0. The summed E-state index contributed by atoms with van der Waals surface area (Å²) in [4.78, 5) is 3.91. The van der Waals surface area contributed by atoms with Gasteiger partial charge in [0.1, 0.15) is 5.75 Å². The smallest absolute Gasteiger partial charge is 0.490 e. The Labute approximate surface area is 95.4 Å². The van der Waals surface area contributed by atoms with Crippen LogP contribution in [0.15, 0.2) is 18.5 Å². The molecule has 1 aromatic heterocycles. The minimum atomic E-state index is -1.48. The van der Waals surface area contributed by atoms with E-state index in [4.69, 9.17) is 14.8 Å². The summed E-state index contributed by atoms with van der Waals surface area (Å²) in [6.45, 7) is 0.701. The Hall–Kier alpha value is -1.07. The third kappa shape index (κ3) is 2.96. The molecule has 0 spiro atoms. The maximum atomic E-state index is 8.99. The lowest BCUT2D eigenvalue weighted by Crippen LogP contribution is -2.30. The predicted octanol–water partition coefficient (Wildman–Crippen LogP) is 0.330. The monoisotopic (exact) mass is 221 g/mol. The topological polar surface area (TPSA) is 62.6 Å². The van der Waals surface area contributed by atoms with Crippen LogP contribution in [0.25, 0.3) is 0 Å². The summed E-state index contributed by atoms with van der Waals surface area (Å²) in [6, 6.07) is 1.62. The highest BCUT2D eigenvalue weighted by Crippen LogP contribution is 2.25. The van der Waals surface area contributed by atoms with E-state index in [0.29, 0.717) is 23.7 Å². The summed E-state index contributed by atoms with van der Waals surface area (Å²) in [5.41, 5.74) is 0.365. The number of ether oxygens (including phenoxy) is 1. The highest BCUT2D eigenvalue weighted by atomic mass is 16.5. The Bertz CT molecular complexity index is 340. The van der Waals surface area contributed by atoms with Crippen LogP contribution in [-0.2, 0) is 0 Å². The number of rotatable bonds is 4. The van der Waals surface area contributed by atoms with Crippen LogP contribution < -0.4 is 10.2 Å². The number of nitrogens with zero attached hydrogens (tertiary/aromatic N) is 1. The molecule has 0 unspecified atom stereocenters. The Balaban J connectivity index is 1.90. The van der Waals surface area contributed by atoms with Crippen molar-refractivity contribution in [3.63, 3.8) is 0 Å². The second-order valence-electron chi connectivity index (χ2n) is 4.29. The van der Waals surface area contributed by atoms with Crippen molar-refractivity contribution < 1.29 is 14.8 Å². The Morgan fingerprint density at radius 1 is 1.31 bits per heavy atom. The molecule has 2 N–H and O–H groups in total. The second-order valence-corrected chi connectivity index (χ2v) is 4.29. The zero-order valence-corrected chi connectivity index (χ0v) is 9.17. The molecule has 0 radical (unpaired) electrons. The van der Waals surface area contributed by atoms with E-state index in [9.17, 15) is 0 Å². The SMILES string of the molecule is OB(O)c1cncc(OCC2CCCC2)c1. The molecule has 16 heavy (non-hydrogen) atoms. The molecule has 1 fully saturated rings. The molecule has 5 heteroatoms. The van der Waals surface area contributed by atoms with Crippen LogP contribution in [0.2, 0.25) is 0 Å². The van der Waals surface area contributed by atoms with E-state index < -0.39 is 7.12 Å². The minimum Gasteiger partial charge on any atom is -0.492 e. The van der Waals surface area contributed by atoms with Crippen LogP contribution in [-0.4, -0.2) is 28.8 Å². The van der Waals surface area contributed by atoms with Crippen molar-refractivity contribution >= 4 is 12.6 Å². The van der Waals surface area contributed by atoms with E-state index >= 15 is 0 Å². The van der Waals surface area contributed by atoms with Crippen LogP contribution in [0.1, 0.15) is 25.7 Å². The molecule has 0 amide bonds. The summed E-state index contributed by atoms with van der Waals surface area (Å²) in [5.74, 6) is 1.25. The molecule has 0 bridgehead atoms. The molecule has 0 saturated heterocycles. The fraction of sp³-hybridized carbons (Fsp3) is 0.545. The van der Waals surface area contributed by atoms with Crippen LogP contribution in [0.4, 0.5) is 0 Å². The van der Waals surface area contributed by atoms with Gasteiger partial charge in [0.25, 0.3) is 0 Å². The Kier molecular flexibility index (Phi) is 3.80. The van der Waals surface area contributed by atoms with Gasteiger partial charge in [-0.15, -0.1) is 0 Å². The summed E-state index contributed by atoms with van der Waals surface area (Å²) in [5, 5.41) is 18.0. The average molecular weight is 221 g/mol. The molecule has 0 aliphatic heterocycles. The molecule has 0 aromatic carbocycles. The molecule has 86 valence electrons. The van der Waals surface area contributed by atoms with Crippen molar-refractivity contribution in [1.82, 2.24) is 4.98 Å². The lowest BCUT2D eigenvalue weighted by molar-refractivity contribution is 0.251. The van der Waals surface area contributed by atoms with Gasteiger partial charge in [0.2, 0.25) is 0 Å². The molecule has 1 aliphatic rings. The van der Waals surface area contributed by atoms with Crippen molar-refractivity contribution in [3.8, 4) is 5.75 Å². The Morgan fingerprint density at radius 3 is 2.75 bits per heavy atom. The fourth-order valence-corrected chi connectivity index (χ4v) is 2.05.